The summed E-state index contributed by atoms with van der Waals surface area (Å²) in [6.07, 6.45) is -0.472. The summed E-state index contributed by atoms with van der Waals surface area (Å²) in [5, 5.41) is 19.7. The van der Waals surface area contributed by atoms with E-state index in [0.717, 1.165) is 0 Å². The first-order valence-corrected chi connectivity index (χ1v) is 5.29. The van der Waals surface area contributed by atoms with Gasteiger partial charge in [0.25, 0.3) is 0 Å². The molecule has 7 heteroatoms. The van der Waals surface area contributed by atoms with Crippen molar-refractivity contribution >= 4 is 29.2 Å². The summed E-state index contributed by atoms with van der Waals surface area (Å²) in [7, 11) is 0. The predicted octanol–water partition coefficient (Wildman–Crippen LogP) is 0.952. The summed E-state index contributed by atoms with van der Waals surface area (Å²) in [6.45, 7) is 0. The molecular weight excluding hydrogens is 258 g/mol. The van der Waals surface area contributed by atoms with Crippen LogP contribution in [-0.4, -0.2) is 23.0 Å². The maximum absolute atomic E-state index is 11.5. The number of hydrogen-bond acceptors (Lipinski definition) is 4. The Hall–Kier alpha value is -2.10. The standard InChI is InChI=1S/C11H10ClN3O3/c12-7-3-6(5-13)1-2-9(7)15-11(18)8(14)4-10(16)17/h1-3,8H,4,14H2,(H,15,18)(H,16,17). The quantitative estimate of drug-likeness (QED) is 0.751. The van der Waals surface area contributed by atoms with Gasteiger partial charge in [-0.1, -0.05) is 11.6 Å². The lowest BCUT2D eigenvalue weighted by atomic mass is 10.2. The summed E-state index contributed by atoms with van der Waals surface area (Å²) in [5.41, 5.74) is 6.02. The van der Waals surface area contributed by atoms with Gasteiger partial charge in [0.2, 0.25) is 5.91 Å². The molecule has 0 spiro atoms. The van der Waals surface area contributed by atoms with Crippen LogP contribution in [0.1, 0.15) is 12.0 Å². The van der Waals surface area contributed by atoms with Crippen LogP contribution in [0.3, 0.4) is 0 Å². The SMILES string of the molecule is N#Cc1ccc(NC(=O)C(N)CC(=O)O)c(Cl)c1. The molecule has 0 radical (unpaired) electrons. The molecule has 0 fully saturated rings. The molecule has 0 aliphatic rings. The second-order valence-corrected chi connectivity index (χ2v) is 3.91. The average Bonchev–Trinajstić information content (AvgIpc) is 2.30. The Kier molecular flexibility index (Phi) is 4.66. The minimum Gasteiger partial charge on any atom is -0.481 e. The van der Waals surface area contributed by atoms with Crippen LogP contribution in [0, 0.1) is 11.3 Å². The number of hydrogen-bond donors (Lipinski definition) is 3. The lowest BCUT2D eigenvalue weighted by molar-refractivity contribution is -0.138. The summed E-state index contributed by atoms with van der Waals surface area (Å²) in [6, 6.07) is 5.06. The fraction of sp³-hybridized carbons (Fsp3) is 0.182. The number of carbonyl (C=O) groups is 2. The summed E-state index contributed by atoms with van der Waals surface area (Å²) in [4.78, 5) is 21.9. The monoisotopic (exact) mass is 267 g/mol. The van der Waals surface area contributed by atoms with E-state index < -0.39 is 24.3 Å². The van der Waals surface area contributed by atoms with Crippen molar-refractivity contribution in [1.29, 1.82) is 5.26 Å². The summed E-state index contributed by atoms with van der Waals surface area (Å²) < 4.78 is 0. The van der Waals surface area contributed by atoms with E-state index in [1.807, 2.05) is 6.07 Å². The van der Waals surface area contributed by atoms with Crippen LogP contribution in [0.15, 0.2) is 18.2 Å². The highest BCUT2D eigenvalue weighted by Crippen LogP contribution is 2.22. The molecule has 6 nitrogen and oxygen atoms in total. The summed E-state index contributed by atoms with van der Waals surface area (Å²) in [5.74, 6) is -1.81. The largest absolute Gasteiger partial charge is 0.481 e. The Bertz CT molecular complexity index is 525. The van der Waals surface area contributed by atoms with Crippen LogP contribution in [-0.2, 0) is 9.59 Å². The molecule has 1 unspecified atom stereocenters. The van der Waals surface area contributed by atoms with Crippen molar-refractivity contribution in [3.05, 3.63) is 28.8 Å². The van der Waals surface area contributed by atoms with Crippen LogP contribution >= 0.6 is 11.6 Å². The highest BCUT2D eigenvalue weighted by atomic mass is 35.5. The smallest absolute Gasteiger partial charge is 0.305 e. The van der Waals surface area contributed by atoms with E-state index in [1.54, 1.807) is 0 Å². The predicted molar refractivity (Wildman–Crippen MR) is 65.0 cm³/mol. The number of nitrogens with zero attached hydrogens (tertiary/aromatic N) is 1. The van der Waals surface area contributed by atoms with Gasteiger partial charge in [0.1, 0.15) is 0 Å². The third-order valence-electron chi connectivity index (χ3n) is 2.09. The Morgan fingerprint density at radius 2 is 2.22 bits per heavy atom. The van der Waals surface area contributed by atoms with Crippen LogP contribution < -0.4 is 11.1 Å². The van der Waals surface area contributed by atoms with Crippen molar-refractivity contribution < 1.29 is 14.7 Å². The lowest BCUT2D eigenvalue weighted by Crippen LogP contribution is -2.37. The fourth-order valence-corrected chi connectivity index (χ4v) is 1.42. The number of nitrogens with one attached hydrogen (secondary N) is 1. The number of carboxylic acid groups (broad SMARTS) is 1. The Balaban J connectivity index is 2.76. The third-order valence-corrected chi connectivity index (χ3v) is 2.40. The van der Waals surface area contributed by atoms with E-state index in [9.17, 15) is 9.59 Å². The van der Waals surface area contributed by atoms with E-state index in [0.29, 0.717) is 5.56 Å². The number of halogens is 1. The van der Waals surface area contributed by atoms with E-state index in [2.05, 4.69) is 5.32 Å². The first kappa shape index (κ1) is 14.0. The molecule has 1 atom stereocenters. The lowest BCUT2D eigenvalue weighted by Gasteiger charge is -2.11. The van der Waals surface area contributed by atoms with Gasteiger partial charge in [-0.3, -0.25) is 9.59 Å². The second-order valence-electron chi connectivity index (χ2n) is 3.50. The number of nitriles is 1. The number of carboxylic acids is 1. The zero-order valence-electron chi connectivity index (χ0n) is 9.18. The average molecular weight is 268 g/mol. The van der Waals surface area contributed by atoms with Crippen LogP contribution in [0.4, 0.5) is 5.69 Å². The van der Waals surface area contributed by atoms with Gasteiger partial charge in [-0.05, 0) is 18.2 Å². The Morgan fingerprint density at radius 3 is 2.72 bits per heavy atom. The zero-order valence-corrected chi connectivity index (χ0v) is 9.94. The highest BCUT2D eigenvalue weighted by molar-refractivity contribution is 6.33. The van der Waals surface area contributed by atoms with Gasteiger partial charge in [0, 0.05) is 0 Å². The maximum atomic E-state index is 11.5. The number of anilines is 1. The molecule has 18 heavy (non-hydrogen) atoms. The molecule has 0 aliphatic carbocycles. The number of benzene rings is 1. The van der Waals surface area contributed by atoms with Crippen molar-refractivity contribution in [1.82, 2.24) is 0 Å². The molecule has 0 bridgehead atoms. The third kappa shape index (κ3) is 3.73. The molecule has 94 valence electrons. The zero-order chi connectivity index (χ0) is 13.7. The van der Waals surface area contributed by atoms with E-state index in [-0.39, 0.29) is 10.7 Å². The number of nitrogens with two attached hydrogens (primary N) is 1. The van der Waals surface area contributed by atoms with Crippen LogP contribution in [0.5, 0.6) is 0 Å². The van der Waals surface area contributed by atoms with Gasteiger partial charge in [-0.2, -0.15) is 5.26 Å². The normalized spacial score (nSPS) is 11.4. The molecule has 0 saturated heterocycles. The van der Waals surface area contributed by atoms with E-state index >= 15 is 0 Å². The summed E-state index contributed by atoms with van der Waals surface area (Å²) >= 11 is 5.84. The van der Waals surface area contributed by atoms with Gasteiger partial charge >= 0.3 is 5.97 Å². The molecule has 0 aromatic heterocycles. The van der Waals surface area contributed by atoms with Crippen molar-refractivity contribution in [2.45, 2.75) is 12.5 Å². The van der Waals surface area contributed by atoms with Crippen molar-refractivity contribution in [3.8, 4) is 6.07 Å². The van der Waals surface area contributed by atoms with Crippen LogP contribution in [0.2, 0.25) is 5.02 Å². The molecule has 4 N–H and O–H groups in total. The van der Waals surface area contributed by atoms with E-state index in [1.165, 1.54) is 18.2 Å². The van der Waals surface area contributed by atoms with Gasteiger partial charge in [-0.25, -0.2) is 0 Å². The molecule has 1 amide bonds. The molecule has 0 aliphatic heterocycles. The first-order chi connectivity index (χ1) is 8.43. The molecule has 1 aromatic carbocycles. The first-order valence-electron chi connectivity index (χ1n) is 4.92. The molecule has 1 rings (SSSR count). The van der Waals surface area contributed by atoms with Crippen LogP contribution in [0.25, 0.3) is 0 Å². The van der Waals surface area contributed by atoms with Crippen molar-refractivity contribution in [3.63, 3.8) is 0 Å². The minimum atomic E-state index is -1.16. The number of rotatable bonds is 4. The van der Waals surface area contributed by atoms with Gasteiger partial charge < -0.3 is 16.2 Å². The number of aliphatic carboxylic acids is 1. The van der Waals surface area contributed by atoms with Gasteiger partial charge in [-0.15, -0.1) is 0 Å². The minimum absolute atomic E-state index is 0.185. The van der Waals surface area contributed by atoms with Crippen molar-refractivity contribution in [2.24, 2.45) is 5.73 Å². The highest BCUT2D eigenvalue weighted by Gasteiger charge is 2.17. The molecule has 1 aromatic rings. The molecule has 0 heterocycles. The van der Waals surface area contributed by atoms with Gasteiger partial charge in [0.05, 0.1) is 34.8 Å². The Labute approximate surface area is 108 Å². The maximum Gasteiger partial charge on any atom is 0.305 e. The number of amides is 1. The number of carbonyl (C=O) groups excluding carboxylic acids is 1. The Morgan fingerprint density at radius 1 is 1.56 bits per heavy atom. The second kappa shape index (κ2) is 6.00. The van der Waals surface area contributed by atoms with E-state index in [4.69, 9.17) is 27.7 Å². The molecule has 0 saturated carbocycles. The topological polar surface area (TPSA) is 116 Å². The van der Waals surface area contributed by atoms with Crippen molar-refractivity contribution in [2.75, 3.05) is 5.32 Å². The van der Waals surface area contributed by atoms with Gasteiger partial charge in [0.15, 0.2) is 0 Å². The molecular formula is C11H10ClN3O3. The fourth-order valence-electron chi connectivity index (χ4n) is 1.19.